The first-order chi connectivity index (χ1) is 15.3. The van der Waals surface area contributed by atoms with Crippen molar-refractivity contribution < 1.29 is 19.5 Å². The second kappa shape index (κ2) is 10.3. The molecule has 1 heterocycles. The van der Waals surface area contributed by atoms with Crippen molar-refractivity contribution in [1.29, 1.82) is 0 Å². The molecule has 1 aromatic heterocycles. The van der Waals surface area contributed by atoms with Crippen molar-refractivity contribution in [3.63, 3.8) is 0 Å². The fourth-order valence-corrected chi connectivity index (χ4v) is 2.94. The zero-order valence-corrected chi connectivity index (χ0v) is 17.7. The van der Waals surface area contributed by atoms with Crippen molar-refractivity contribution in [2.24, 2.45) is 0 Å². The van der Waals surface area contributed by atoms with Crippen LogP contribution >= 0.6 is 11.6 Å². The first-order valence-electron chi connectivity index (χ1n) is 9.45. The van der Waals surface area contributed by atoms with Crippen LogP contribution in [0.5, 0.6) is 0 Å². The van der Waals surface area contributed by atoms with Crippen molar-refractivity contribution in [2.45, 2.75) is 19.4 Å². The van der Waals surface area contributed by atoms with Gasteiger partial charge in [-0.15, -0.1) is 5.10 Å². The molecular formula is C21H19ClN6O4. The number of carboxylic acids is 1. The maximum absolute atomic E-state index is 12.4. The Morgan fingerprint density at radius 1 is 1.19 bits per heavy atom. The summed E-state index contributed by atoms with van der Waals surface area (Å²) < 4.78 is 1.44. The molecule has 32 heavy (non-hydrogen) atoms. The van der Waals surface area contributed by atoms with E-state index in [1.165, 1.54) is 17.1 Å². The fourth-order valence-electron chi connectivity index (χ4n) is 2.76. The lowest BCUT2D eigenvalue weighted by Gasteiger charge is -2.13. The summed E-state index contributed by atoms with van der Waals surface area (Å²) in [4.78, 5) is 35.4. The number of anilines is 1. The highest BCUT2D eigenvalue weighted by atomic mass is 35.5. The van der Waals surface area contributed by atoms with E-state index in [-0.39, 0.29) is 6.42 Å². The Morgan fingerprint density at radius 3 is 2.59 bits per heavy atom. The van der Waals surface area contributed by atoms with Gasteiger partial charge in [0.2, 0.25) is 11.8 Å². The van der Waals surface area contributed by atoms with Gasteiger partial charge in [0.1, 0.15) is 12.4 Å². The van der Waals surface area contributed by atoms with Gasteiger partial charge in [0.15, 0.2) is 0 Å². The molecule has 0 fully saturated rings. The SMILES string of the molecule is CC(NC(=O)C=Cc1cc(Cl)ccc1-n1cnnn1)C(=O)Nc1ccc(CC(=O)O)cc1. The molecule has 2 amide bonds. The van der Waals surface area contributed by atoms with Gasteiger partial charge in [0, 0.05) is 22.3 Å². The summed E-state index contributed by atoms with van der Waals surface area (Å²) in [7, 11) is 0. The van der Waals surface area contributed by atoms with Gasteiger partial charge < -0.3 is 15.7 Å². The Morgan fingerprint density at radius 2 is 1.94 bits per heavy atom. The molecule has 10 nitrogen and oxygen atoms in total. The smallest absolute Gasteiger partial charge is 0.307 e. The number of carbonyl (C=O) groups excluding carboxylic acids is 2. The maximum Gasteiger partial charge on any atom is 0.307 e. The molecule has 3 rings (SSSR count). The number of tetrazole rings is 1. The van der Waals surface area contributed by atoms with Crippen molar-refractivity contribution in [3.8, 4) is 5.69 Å². The van der Waals surface area contributed by atoms with Crippen LogP contribution in [0.1, 0.15) is 18.1 Å². The highest BCUT2D eigenvalue weighted by Crippen LogP contribution is 2.20. The number of hydrogen-bond acceptors (Lipinski definition) is 6. The van der Waals surface area contributed by atoms with Crippen molar-refractivity contribution >= 4 is 41.1 Å². The molecule has 164 valence electrons. The minimum atomic E-state index is -0.936. The van der Waals surface area contributed by atoms with Gasteiger partial charge in [-0.05, 0) is 59.3 Å². The number of halogens is 1. The molecule has 0 aliphatic rings. The Hall–Kier alpha value is -4.05. The van der Waals surface area contributed by atoms with Gasteiger partial charge >= 0.3 is 5.97 Å². The first kappa shape index (κ1) is 22.6. The van der Waals surface area contributed by atoms with Crippen LogP contribution in [0.15, 0.2) is 54.9 Å². The summed E-state index contributed by atoms with van der Waals surface area (Å²) in [5.41, 5.74) is 2.34. The van der Waals surface area contributed by atoms with Gasteiger partial charge in [0.25, 0.3) is 0 Å². The monoisotopic (exact) mass is 454 g/mol. The number of carbonyl (C=O) groups is 3. The van der Waals surface area contributed by atoms with E-state index in [0.29, 0.717) is 27.5 Å². The fraction of sp³-hybridized carbons (Fsp3) is 0.143. The second-order valence-electron chi connectivity index (χ2n) is 6.78. The van der Waals surface area contributed by atoms with E-state index in [1.807, 2.05) is 0 Å². The Balaban J connectivity index is 1.60. The third-order valence-electron chi connectivity index (χ3n) is 4.33. The predicted octanol–water partition coefficient (Wildman–Crippen LogP) is 2.10. The number of nitrogens with zero attached hydrogens (tertiary/aromatic N) is 4. The summed E-state index contributed by atoms with van der Waals surface area (Å²) in [6.07, 6.45) is 4.14. The first-order valence-corrected chi connectivity index (χ1v) is 9.82. The van der Waals surface area contributed by atoms with E-state index < -0.39 is 23.8 Å². The summed E-state index contributed by atoms with van der Waals surface area (Å²) in [5.74, 6) is -1.84. The summed E-state index contributed by atoms with van der Waals surface area (Å²) in [5, 5.41) is 25.5. The summed E-state index contributed by atoms with van der Waals surface area (Å²) in [6, 6.07) is 10.7. The molecule has 3 aromatic rings. The van der Waals surface area contributed by atoms with Gasteiger partial charge in [-0.1, -0.05) is 23.7 Å². The molecule has 0 aliphatic carbocycles. The Kier molecular flexibility index (Phi) is 7.29. The molecule has 11 heteroatoms. The van der Waals surface area contributed by atoms with Crippen LogP contribution in [-0.2, 0) is 20.8 Å². The van der Waals surface area contributed by atoms with E-state index in [2.05, 4.69) is 26.2 Å². The quantitative estimate of drug-likeness (QED) is 0.443. The van der Waals surface area contributed by atoms with Gasteiger partial charge in [-0.2, -0.15) is 4.68 Å². The van der Waals surface area contributed by atoms with Crippen LogP contribution < -0.4 is 10.6 Å². The third-order valence-corrected chi connectivity index (χ3v) is 4.56. The highest BCUT2D eigenvalue weighted by molar-refractivity contribution is 6.30. The van der Waals surface area contributed by atoms with Crippen molar-refractivity contribution in [1.82, 2.24) is 25.5 Å². The van der Waals surface area contributed by atoms with E-state index in [0.717, 1.165) is 0 Å². The Bertz CT molecular complexity index is 1150. The maximum atomic E-state index is 12.4. The molecule has 0 bridgehead atoms. The van der Waals surface area contributed by atoms with Gasteiger partial charge in [-0.25, -0.2) is 0 Å². The van der Waals surface area contributed by atoms with Crippen LogP contribution in [0.3, 0.4) is 0 Å². The Labute approximate surface area is 187 Å². The number of carboxylic acid groups (broad SMARTS) is 1. The molecule has 3 N–H and O–H groups in total. The zero-order chi connectivity index (χ0) is 23.1. The van der Waals surface area contributed by atoms with E-state index in [9.17, 15) is 14.4 Å². The molecule has 0 saturated carbocycles. The van der Waals surface area contributed by atoms with Crippen LogP contribution in [0.25, 0.3) is 11.8 Å². The normalized spacial score (nSPS) is 11.8. The average molecular weight is 455 g/mol. The average Bonchev–Trinajstić information content (AvgIpc) is 3.28. The van der Waals surface area contributed by atoms with Crippen LogP contribution in [0.4, 0.5) is 5.69 Å². The lowest BCUT2D eigenvalue weighted by Crippen LogP contribution is -2.40. The molecule has 0 radical (unpaired) electrons. The minimum absolute atomic E-state index is 0.102. The standard InChI is InChI=1S/C21H19ClN6O4/c1-13(21(32)25-17-6-2-14(3-7-17)10-20(30)31)24-19(29)9-4-15-11-16(22)5-8-18(15)28-12-23-26-27-28/h2-9,11-13H,10H2,1H3,(H,24,29)(H,25,32)(H,30,31). The molecule has 1 atom stereocenters. The molecule has 0 aliphatic heterocycles. The third kappa shape index (κ3) is 6.22. The molecule has 2 aromatic carbocycles. The predicted molar refractivity (Wildman–Crippen MR) is 117 cm³/mol. The minimum Gasteiger partial charge on any atom is -0.481 e. The largest absolute Gasteiger partial charge is 0.481 e. The van der Waals surface area contributed by atoms with Gasteiger partial charge in [-0.3, -0.25) is 14.4 Å². The molecule has 0 spiro atoms. The topological polar surface area (TPSA) is 139 Å². The van der Waals surface area contributed by atoms with Gasteiger partial charge in [0.05, 0.1) is 12.1 Å². The number of benzene rings is 2. The zero-order valence-electron chi connectivity index (χ0n) is 16.9. The lowest BCUT2D eigenvalue weighted by molar-refractivity contribution is -0.136. The number of aliphatic carboxylic acids is 1. The molecule has 1 unspecified atom stereocenters. The summed E-state index contributed by atoms with van der Waals surface area (Å²) >= 11 is 6.05. The number of aromatic nitrogens is 4. The summed E-state index contributed by atoms with van der Waals surface area (Å²) in [6.45, 7) is 1.55. The molecular weight excluding hydrogens is 436 g/mol. The van der Waals surface area contributed by atoms with Crippen LogP contribution in [0.2, 0.25) is 5.02 Å². The van der Waals surface area contributed by atoms with Crippen molar-refractivity contribution in [3.05, 3.63) is 71.0 Å². The van der Waals surface area contributed by atoms with Crippen molar-refractivity contribution in [2.75, 3.05) is 5.32 Å². The highest BCUT2D eigenvalue weighted by Gasteiger charge is 2.15. The van der Waals surface area contributed by atoms with E-state index in [4.69, 9.17) is 16.7 Å². The number of nitrogens with one attached hydrogen (secondary N) is 2. The van der Waals surface area contributed by atoms with Crippen LogP contribution in [-0.4, -0.2) is 49.1 Å². The number of hydrogen-bond donors (Lipinski definition) is 3. The number of rotatable bonds is 8. The van der Waals surface area contributed by atoms with E-state index in [1.54, 1.807) is 55.5 Å². The number of amides is 2. The lowest BCUT2D eigenvalue weighted by atomic mass is 10.1. The van der Waals surface area contributed by atoms with Crippen LogP contribution in [0, 0.1) is 0 Å². The molecule has 0 saturated heterocycles. The van der Waals surface area contributed by atoms with E-state index >= 15 is 0 Å². The second-order valence-corrected chi connectivity index (χ2v) is 7.21.